The van der Waals surface area contributed by atoms with Crippen LogP contribution in [-0.2, 0) is 19.7 Å². The molecule has 0 bridgehead atoms. The summed E-state index contributed by atoms with van der Waals surface area (Å²) in [5, 5.41) is 13.9. The van der Waals surface area contributed by atoms with Crippen LogP contribution in [0.4, 0.5) is 0 Å². The Hall–Kier alpha value is -0.150. The minimum Gasteiger partial charge on any atom is -0.481 e. The Morgan fingerprint density at radius 1 is 0.889 bits per heavy atom. The van der Waals surface area contributed by atoms with Gasteiger partial charge in [-0.25, -0.2) is 0 Å². The predicted octanol–water partition coefficient (Wildman–Crippen LogP) is 1.33. The molecule has 0 rings (SSSR count). The normalized spacial score (nSPS) is 11.7. The summed E-state index contributed by atoms with van der Waals surface area (Å²) in [4.78, 5) is 20.0. The number of hydrogen-bond acceptors (Lipinski definition) is 4. The molecule has 0 amide bonds. The molecule has 0 aliphatic rings. The molecule has 0 aliphatic carbocycles. The molecule has 0 spiro atoms. The number of carboxylic acid groups (broad SMARTS) is 2. The number of unbranched alkanes of at least 4 members (excludes halogenated alkanes) is 11. The average molecular weight is 419 g/mol. The van der Waals surface area contributed by atoms with Crippen molar-refractivity contribution in [3.8, 4) is 0 Å². The van der Waals surface area contributed by atoms with Crippen LogP contribution in [0.1, 0.15) is 90.9 Å². The van der Waals surface area contributed by atoms with Crippen molar-refractivity contribution in [3.63, 3.8) is 0 Å². The number of aliphatic carboxylic acids is 2. The number of carboxylic acids is 2. The van der Waals surface area contributed by atoms with Gasteiger partial charge in [0.2, 0.25) is 0 Å². The number of hydrogen-bond donors (Lipinski definition) is 3. The summed E-state index contributed by atoms with van der Waals surface area (Å²) in [6, 6.07) is 0. The van der Waals surface area contributed by atoms with Gasteiger partial charge in [0.1, 0.15) is 0 Å². The van der Waals surface area contributed by atoms with Gasteiger partial charge in [0.15, 0.2) is 5.25 Å². The zero-order valence-electron chi connectivity index (χ0n) is 17.0. The molecule has 0 aromatic rings. The molecular formula is C18H35NaO7S. The van der Waals surface area contributed by atoms with Gasteiger partial charge < -0.3 is 16.6 Å². The molecule has 0 fully saturated rings. The molecule has 0 aliphatic heterocycles. The Labute approximate surface area is 186 Å². The average Bonchev–Trinajstić information content (AvgIpc) is 2.53. The molecule has 0 aromatic carbocycles. The molecule has 0 saturated heterocycles. The maximum absolute atomic E-state index is 10.2. The first-order valence-corrected chi connectivity index (χ1v) is 10.9. The van der Waals surface area contributed by atoms with E-state index in [0.29, 0.717) is 0 Å². The van der Waals surface area contributed by atoms with Crippen LogP contribution in [0.25, 0.3) is 0 Å². The molecular weight excluding hydrogens is 383 g/mol. The van der Waals surface area contributed by atoms with Crippen molar-refractivity contribution in [2.45, 2.75) is 96.1 Å². The van der Waals surface area contributed by atoms with Crippen LogP contribution in [0.5, 0.6) is 0 Å². The van der Waals surface area contributed by atoms with Gasteiger partial charge in [-0.2, -0.15) is 21.3 Å². The van der Waals surface area contributed by atoms with Gasteiger partial charge >= 0.3 is 41.5 Å². The summed E-state index contributed by atoms with van der Waals surface area (Å²) in [6.07, 6.45) is 16.8. The quantitative estimate of drug-likeness (QED) is 0.158. The van der Waals surface area contributed by atoms with Gasteiger partial charge in [0, 0.05) is 0 Å². The van der Waals surface area contributed by atoms with Crippen LogP contribution in [-0.4, -0.2) is 40.4 Å². The summed E-state index contributed by atoms with van der Waals surface area (Å²) in [7, 11) is -4.84. The standard InChI is InChI=1S/C14H29.C4H6O7S.Na/c1-3-5-7-9-11-13-14-12-10-8-6-4-2;5-3(6)1-2(4(7)8)12(9,10)11;/h5H,3-4,6-14H2,1-2H3;2H,1H2,(H,5,6)(H,7,8)(H,9,10,11);/q-1;;+1. The van der Waals surface area contributed by atoms with Crippen molar-refractivity contribution in [2.75, 3.05) is 0 Å². The van der Waals surface area contributed by atoms with Crippen molar-refractivity contribution < 1.29 is 62.3 Å². The van der Waals surface area contributed by atoms with Crippen LogP contribution < -0.4 is 29.6 Å². The van der Waals surface area contributed by atoms with E-state index in [0.717, 1.165) is 0 Å². The second kappa shape index (κ2) is 20.6. The van der Waals surface area contributed by atoms with E-state index in [2.05, 4.69) is 20.3 Å². The van der Waals surface area contributed by atoms with Gasteiger partial charge in [-0.1, -0.05) is 71.6 Å². The Balaban J connectivity index is -0.000000416. The van der Waals surface area contributed by atoms with E-state index >= 15 is 0 Å². The fourth-order valence-corrected chi connectivity index (χ4v) is 2.89. The molecule has 7 nitrogen and oxygen atoms in total. The summed E-state index contributed by atoms with van der Waals surface area (Å²) in [5.74, 6) is -3.50. The van der Waals surface area contributed by atoms with E-state index in [4.69, 9.17) is 14.8 Å². The summed E-state index contributed by atoms with van der Waals surface area (Å²) in [6.45, 7) is 4.51. The van der Waals surface area contributed by atoms with Gasteiger partial charge in [-0.3, -0.25) is 14.1 Å². The van der Waals surface area contributed by atoms with E-state index in [-0.39, 0.29) is 29.6 Å². The zero-order chi connectivity index (χ0) is 20.4. The Bertz CT molecular complexity index is 454. The molecule has 156 valence electrons. The molecule has 1 unspecified atom stereocenters. The smallest absolute Gasteiger partial charge is 0.481 e. The third kappa shape index (κ3) is 23.8. The van der Waals surface area contributed by atoms with E-state index in [9.17, 15) is 18.0 Å². The van der Waals surface area contributed by atoms with Crippen molar-refractivity contribution in [1.82, 2.24) is 0 Å². The summed E-state index contributed by atoms with van der Waals surface area (Å²) < 4.78 is 28.7. The van der Waals surface area contributed by atoms with E-state index < -0.39 is 33.7 Å². The molecule has 0 heterocycles. The van der Waals surface area contributed by atoms with Crippen molar-refractivity contribution in [3.05, 3.63) is 6.42 Å². The van der Waals surface area contributed by atoms with Crippen LogP contribution >= 0.6 is 0 Å². The van der Waals surface area contributed by atoms with Crippen LogP contribution in [0.3, 0.4) is 0 Å². The third-order valence-electron chi connectivity index (χ3n) is 3.80. The SMILES string of the molecule is CC[CH-]CCCCCCCCCCC.O=C(O)CC(C(=O)O)S(=O)(=O)O.[Na+]. The maximum Gasteiger partial charge on any atom is 1.00 e. The van der Waals surface area contributed by atoms with Crippen LogP contribution in [0.2, 0.25) is 0 Å². The monoisotopic (exact) mass is 418 g/mol. The maximum atomic E-state index is 10.2. The largest absolute Gasteiger partial charge is 1.00 e. The summed E-state index contributed by atoms with van der Waals surface area (Å²) >= 11 is 0. The molecule has 27 heavy (non-hydrogen) atoms. The number of carbonyl (C=O) groups is 2. The van der Waals surface area contributed by atoms with E-state index in [1.165, 1.54) is 70.6 Å². The zero-order valence-corrected chi connectivity index (χ0v) is 19.8. The first kappa shape index (κ1) is 31.5. The topological polar surface area (TPSA) is 129 Å². The Morgan fingerprint density at radius 2 is 1.33 bits per heavy atom. The van der Waals surface area contributed by atoms with Crippen LogP contribution in [0.15, 0.2) is 0 Å². The first-order valence-electron chi connectivity index (χ1n) is 9.39. The Morgan fingerprint density at radius 3 is 1.63 bits per heavy atom. The second-order valence-corrected chi connectivity index (χ2v) is 7.85. The van der Waals surface area contributed by atoms with Crippen molar-refractivity contribution in [2.24, 2.45) is 0 Å². The summed E-state index contributed by atoms with van der Waals surface area (Å²) in [5.41, 5.74) is 0. The van der Waals surface area contributed by atoms with E-state index in [1.54, 1.807) is 0 Å². The third-order valence-corrected chi connectivity index (χ3v) is 4.88. The molecule has 0 aromatic heterocycles. The minimum atomic E-state index is -4.84. The number of rotatable bonds is 15. The molecule has 0 saturated carbocycles. The fourth-order valence-electron chi connectivity index (χ4n) is 2.28. The second-order valence-electron chi connectivity index (χ2n) is 6.25. The minimum absolute atomic E-state index is 0. The predicted molar refractivity (Wildman–Crippen MR) is 102 cm³/mol. The molecule has 9 heteroatoms. The van der Waals surface area contributed by atoms with Crippen molar-refractivity contribution in [1.29, 1.82) is 0 Å². The fraction of sp³-hybridized carbons (Fsp3) is 0.833. The van der Waals surface area contributed by atoms with Crippen molar-refractivity contribution >= 4 is 22.1 Å². The van der Waals surface area contributed by atoms with Gasteiger partial charge in [-0.05, 0) is 0 Å². The van der Waals surface area contributed by atoms with Gasteiger partial charge in [-0.15, -0.1) is 0 Å². The molecule has 1 atom stereocenters. The van der Waals surface area contributed by atoms with Gasteiger partial charge in [0.25, 0.3) is 10.1 Å². The molecule has 3 N–H and O–H groups in total. The molecule has 0 radical (unpaired) electrons. The van der Waals surface area contributed by atoms with Crippen LogP contribution in [0, 0.1) is 6.42 Å². The Kier molecular flexibility index (Phi) is 24.0. The van der Waals surface area contributed by atoms with Gasteiger partial charge in [0.05, 0.1) is 6.42 Å². The van der Waals surface area contributed by atoms with E-state index in [1.807, 2.05) is 0 Å². The first-order chi connectivity index (χ1) is 12.2.